The predicted octanol–water partition coefficient (Wildman–Crippen LogP) is 7.22. The van der Waals surface area contributed by atoms with Crippen LogP contribution in [-0.4, -0.2) is 240 Å². The third-order valence-electron chi connectivity index (χ3n) is 20.5. The fourth-order valence-electron chi connectivity index (χ4n) is 13.5. The first-order chi connectivity index (χ1) is 57.7. The Morgan fingerprint density at radius 2 is 1.34 bits per heavy atom. The highest BCUT2D eigenvalue weighted by atomic mass is 33.1. The number of aromatic hydroxyl groups is 1. The fourth-order valence-corrected chi connectivity index (χ4v) is 16.5. The lowest BCUT2D eigenvalue weighted by molar-refractivity contribution is -0.162. The number of likely N-dealkylation sites (N-methyl/N-ethyl adjacent to an activating group) is 1. The molecule has 1 aliphatic rings. The zero-order chi connectivity index (χ0) is 90.9. The Bertz CT molecular complexity index is 4040. The first-order valence-corrected chi connectivity index (χ1v) is 43.7. The summed E-state index contributed by atoms with van der Waals surface area (Å²) in [6.07, 6.45) is -5.94. The van der Waals surface area contributed by atoms with Gasteiger partial charge >= 0.3 is 53.9 Å². The second-order valence-electron chi connectivity index (χ2n) is 30.5. The molecular weight excluding hydrogens is 1660 g/mol. The molecule has 1 fully saturated rings. The van der Waals surface area contributed by atoms with Gasteiger partial charge in [0.1, 0.15) is 40.9 Å². The van der Waals surface area contributed by atoms with E-state index in [-0.39, 0.29) is 110 Å². The van der Waals surface area contributed by atoms with Crippen molar-refractivity contribution in [2.45, 2.75) is 238 Å². The first kappa shape index (κ1) is 104. The van der Waals surface area contributed by atoms with Gasteiger partial charge in [0, 0.05) is 99.1 Å². The lowest BCUT2D eigenvalue weighted by Gasteiger charge is -2.39. The van der Waals surface area contributed by atoms with E-state index in [0.717, 1.165) is 52.3 Å². The number of carboxylic acid groups (broad SMARTS) is 5. The van der Waals surface area contributed by atoms with Gasteiger partial charge in [0.05, 0.1) is 42.8 Å². The largest absolute Gasteiger partial charge is 0.508 e. The van der Waals surface area contributed by atoms with Crippen molar-refractivity contribution in [1.82, 2.24) is 46.7 Å². The number of ketones is 4. The van der Waals surface area contributed by atoms with Gasteiger partial charge in [-0.1, -0.05) is 118 Å². The zero-order valence-electron chi connectivity index (χ0n) is 69.9. The maximum Gasteiger partial charge on any atom is 0.407 e. The molecule has 1 aromatic heterocycles. The van der Waals surface area contributed by atoms with Gasteiger partial charge in [-0.25, -0.2) is 24.2 Å². The molecule has 3 aromatic rings. The molecule has 40 heteroatoms. The standard InChI is InChI=1S/C82H115N9O28S3/c1-10-17-72(103)117-44-91(77(107)58(47(5)11-2)40-66(97)63-20-15-16-31-90(63)9)64(46(3)4)41-67(119-50(8)93)76-87-62(43-120-76)75(106)84-55(35-52-21-23-56(94)24-22-52)34-48(6)73(104)49(7)83-82(115)116-32-33-121-122-42-54(78(108)109)38-65(96)61(36-51-18-13-12-14-19-51)86-74(105)53(39-71(101)102)37-57(95)25-26-59(79(110)111)85-68(98)28-27-60(80(112)113)88-81(114)89-69(118-45-92)29-30-70(99)100/h12-14,18-19,21-24,43,45-49,53-55,58-61,63-64,67,69,94H,10-11,15-17,20,25-42,44H2,1-9H3,(H,83,115)(H,84,106)(H,85,98)(H,86,105)(H,99,100)(H,101,102)(H,108,109)(H,110,111)(H,112,113)(H2,88,89,114)/t47?,48-,49?,53-,54-,55+,58-,59-,60-,61-,63+,64+,67+,69+/m0/s1. The van der Waals surface area contributed by atoms with Gasteiger partial charge in [-0.2, -0.15) is 0 Å². The van der Waals surface area contributed by atoms with E-state index in [4.69, 9.17) is 19.3 Å². The average molecular weight is 1770 g/mol. The monoisotopic (exact) mass is 1770 g/mol. The molecule has 0 saturated carbocycles. The van der Waals surface area contributed by atoms with Gasteiger partial charge in [0.15, 0.2) is 36.4 Å². The van der Waals surface area contributed by atoms with Crippen molar-refractivity contribution in [3.8, 4) is 5.75 Å². The van der Waals surface area contributed by atoms with E-state index in [1.807, 2.05) is 51.9 Å². The van der Waals surface area contributed by atoms with Crippen molar-refractivity contribution in [3.05, 3.63) is 81.8 Å². The molecule has 0 bridgehead atoms. The Kier molecular flexibility index (Phi) is 45.9. The van der Waals surface area contributed by atoms with Gasteiger partial charge in [-0.15, -0.1) is 11.3 Å². The first-order valence-electron chi connectivity index (χ1n) is 40.3. The summed E-state index contributed by atoms with van der Waals surface area (Å²) in [6.45, 7) is 13.6. The number of rotatable bonds is 59. The van der Waals surface area contributed by atoms with Crippen LogP contribution in [-0.2, 0) is 104 Å². The number of nitrogens with zero attached hydrogens (tertiary/aromatic N) is 3. The molecule has 2 aromatic carbocycles. The number of carbonyl (C=O) groups excluding carboxylic acids is 13. The van der Waals surface area contributed by atoms with Crippen LogP contribution in [0.25, 0.3) is 0 Å². The third kappa shape index (κ3) is 37.8. The molecule has 12 N–H and O–H groups in total. The number of piperidine rings is 1. The van der Waals surface area contributed by atoms with E-state index in [1.54, 1.807) is 49.4 Å². The van der Waals surface area contributed by atoms with Crippen LogP contribution in [0.2, 0.25) is 0 Å². The quantitative estimate of drug-likeness (QED) is 0.00662. The number of thiazole rings is 1. The number of nitrogens with one attached hydrogen (secondary N) is 6. The third-order valence-corrected chi connectivity index (χ3v) is 23.8. The van der Waals surface area contributed by atoms with E-state index in [1.165, 1.54) is 36.3 Å². The van der Waals surface area contributed by atoms with Crippen LogP contribution >= 0.6 is 32.9 Å². The number of carboxylic acids is 5. The number of Topliss-reactive ketones (excluding diaryl/α,β-unsaturated/α-hetero) is 4. The summed E-state index contributed by atoms with van der Waals surface area (Å²) in [7, 11) is 4.00. The highest BCUT2D eigenvalue weighted by molar-refractivity contribution is 8.76. The van der Waals surface area contributed by atoms with E-state index in [2.05, 4.69) is 36.3 Å². The molecule has 1 aliphatic heterocycles. The number of benzene rings is 2. The number of esters is 2. The highest BCUT2D eigenvalue weighted by Crippen LogP contribution is 2.35. The molecule has 2 heterocycles. The Labute approximate surface area is 718 Å². The number of aliphatic carboxylic acids is 5. The summed E-state index contributed by atoms with van der Waals surface area (Å²) in [5.41, 5.74) is 1.10. The van der Waals surface area contributed by atoms with Crippen molar-refractivity contribution in [2.24, 2.45) is 35.5 Å². The number of hydrogen-bond donors (Lipinski definition) is 12. The highest BCUT2D eigenvalue weighted by Gasteiger charge is 2.41. The normalized spacial score (nSPS) is 15.9. The van der Waals surface area contributed by atoms with Crippen LogP contribution in [0.5, 0.6) is 5.75 Å². The van der Waals surface area contributed by atoms with Crippen LogP contribution in [0.15, 0.2) is 60.0 Å². The average Bonchev–Trinajstić information content (AvgIpc) is 1.30. The number of urea groups is 1. The Morgan fingerprint density at radius 1 is 0.680 bits per heavy atom. The molecule has 0 radical (unpaired) electrons. The van der Waals surface area contributed by atoms with Crippen molar-refractivity contribution in [1.29, 1.82) is 0 Å². The fraction of sp³-hybridized carbons (Fsp3) is 0.598. The molecule has 122 heavy (non-hydrogen) atoms. The summed E-state index contributed by atoms with van der Waals surface area (Å²) < 4.78 is 21.6. The van der Waals surface area contributed by atoms with Crippen LogP contribution in [0, 0.1) is 35.5 Å². The molecule has 14 atom stereocenters. The molecular formula is C82H115N9O28S3. The number of likely N-dealkylation sites (tertiary alicyclic amines) is 1. The summed E-state index contributed by atoms with van der Waals surface area (Å²) >= 11 is 1.03. The molecule has 4 rings (SSSR count). The molecule has 1 saturated heterocycles. The minimum atomic E-state index is -1.78. The summed E-state index contributed by atoms with van der Waals surface area (Å²) in [4.78, 5) is 242. The maximum absolute atomic E-state index is 15.1. The van der Waals surface area contributed by atoms with Gasteiger partial charge in [-0.3, -0.25) is 72.0 Å². The summed E-state index contributed by atoms with van der Waals surface area (Å²) in [6, 6.07) is 5.08. The molecule has 7 amide bonds. The van der Waals surface area contributed by atoms with Crippen molar-refractivity contribution in [3.63, 3.8) is 0 Å². The second-order valence-corrected chi connectivity index (χ2v) is 34.0. The van der Waals surface area contributed by atoms with Crippen LogP contribution in [0.1, 0.15) is 204 Å². The van der Waals surface area contributed by atoms with E-state index in [9.17, 15) is 107 Å². The van der Waals surface area contributed by atoms with E-state index < -0.39 is 225 Å². The Morgan fingerprint density at radius 3 is 1.95 bits per heavy atom. The maximum atomic E-state index is 15.1. The molecule has 37 nitrogen and oxygen atoms in total. The van der Waals surface area contributed by atoms with Crippen molar-refractivity contribution in [2.75, 3.05) is 38.4 Å². The number of alkyl carbamates (subject to hydrolysis) is 1. The SMILES string of the molecule is CCCC(=O)OCN(C(=O)[C@@H](CC(=O)[C@H]1CCCCN1C)C(C)CC)[C@H](C[C@@H](OC(C)=O)c1nc(C(=O)N[C@@H](Cc2ccc(O)cc2)C[C@H](C)C(=O)C(C)NC(=O)OCCSSC[C@H](CC(=O)[C@H](Cc2ccccc2)NC(=O)[C@H](CC(=O)O)CC(=O)CC[C@H](NC(=O)CC[C@H](NC(=O)N[C@@H](CCC(=O)O)OC=O)C(=O)O)C(=O)O)C(=O)O)cs1)C(C)C. The number of phenols is 1. The second kappa shape index (κ2) is 54.0. The zero-order valence-corrected chi connectivity index (χ0v) is 72.4. The molecule has 674 valence electrons. The molecule has 0 aliphatic carbocycles. The van der Waals surface area contributed by atoms with Gasteiger partial charge in [0.2, 0.25) is 17.7 Å². The van der Waals surface area contributed by atoms with Gasteiger partial charge in [-0.05, 0) is 107 Å². The molecule has 0 spiro atoms. The summed E-state index contributed by atoms with van der Waals surface area (Å²) in [5.74, 6) is -19.4. The Hall–Kier alpha value is -10.6. The number of hydrogen-bond acceptors (Lipinski definition) is 28. The minimum Gasteiger partial charge on any atom is -0.508 e. The topological polar surface area (TPSA) is 557 Å². The number of ether oxygens (including phenoxy) is 4. The van der Waals surface area contributed by atoms with Crippen LogP contribution in [0.3, 0.4) is 0 Å². The number of carbonyl (C=O) groups is 18. The van der Waals surface area contributed by atoms with E-state index in [0.29, 0.717) is 30.4 Å². The van der Waals surface area contributed by atoms with E-state index >= 15 is 4.79 Å². The number of phenolic OH excluding ortho intramolecular Hbond substituents is 1. The predicted molar refractivity (Wildman–Crippen MR) is 443 cm³/mol. The van der Waals surface area contributed by atoms with Gasteiger partial charge < -0.3 is 86.4 Å². The van der Waals surface area contributed by atoms with Crippen LogP contribution < -0.4 is 31.9 Å². The minimum absolute atomic E-state index is 0.0190. The van der Waals surface area contributed by atoms with Crippen molar-refractivity contribution < 1.29 is 136 Å². The van der Waals surface area contributed by atoms with Crippen molar-refractivity contribution >= 4 is 140 Å². The number of aromatic nitrogens is 1. The lowest BCUT2D eigenvalue weighted by atomic mass is 9.82. The lowest BCUT2D eigenvalue weighted by Crippen LogP contribution is -2.50. The van der Waals surface area contributed by atoms with Crippen LogP contribution in [0.4, 0.5) is 9.59 Å². The Balaban J connectivity index is 1.38. The number of amides is 7. The molecule has 2 unspecified atom stereocenters. The summed E-state index contributed by atoms with van der Waals surface area (Å²) in [5, 5.41) is 74.5. The smallest absolute Gasteiger partial charge is 0.407 e. The van der Waals surface area contributed by atoms with Gasteiger partial charge in [0.25, 0.3) is 12.4 Å².